The molecule has 4 nitrogen and oxygen atoms in total. The Hall–Kier alpha value is -1.23. The maximum absolute atomic E-state index is 11.9. The summed E-state index contributed by atoms with van der Waals surface area (Å²) in [7, 11) is 1.87. The van der Waals surface area contributed by atoms with E-state index < -0.39 is 0 Å². The second-order valence-corrected chi connectivity index (χ2v) is 5.56. The largest absolute Gasteiger partial charge is 0.397 e. The summed E-state index contributed by atoms with van der Waals surface area (Å²) >= 11 is 3.37. The van der Waals surface area contributed by atoms with Crippen molar-refractivity contribution in [3.8, 4) is 0 Å². The minimum absolute atomic E-state index is 0.0264. The number of rotatable bonds is 6. The van der Waals surface area contributed by atoms with E-state index in [-0.39, 0.29) is 11.9 Å². The van der Waals surface area contributed by atoms with Gasteiger partial charge < -0.3 is 16.0 Å². The number of amides is 1. The summed E-state index contributed by atoms with van der Waals surface area (Å²) in [4.78, 5) is 13.8. The third kappa shape index (κ3) is 4.74. The minimum Gasteiger partial charge on any atom is -0.397 e. The molecule has 0 saturated heterocycles. The molecule has 0 unspecified atom stereocenters. The first kappa shape index (κ1) is 15.8. The number of likely N-dealkylation sites (N-methyl/N-ethyl adjacent to an activating group) is 1. The summed E-state index contributed by atoms with van der Waals surface area (Å²) in [5.74, 6) is 0.0264. The van der Waals surface area contributed by atoms with Crippen LogP contribution in [0, 0.1) is 0 Å². The van der Waals surface area contributed by atoms with Gasteiger partial charge in [0.2, 0.25) is 5.91 Å². The van der Waals surface area contributed by atoms with Crippen LogP contribution in [0.4, 0.5) is 11.4 Å². The lowest BCUT2D eigenvalue weighted by Crippen LogP contribution is -2.40. The highest BCUT2D eigenvalue weighted by Gasteiger charge is 2.12. The van der Waals surface area contributed by atoms with Crippen LogP contribution in [-0.2, 0) is 4.79 Å². The molecule has 0 aliphatic rings. The Balaban J connectivity index is 2.63. The van der Waals surface area contributed by atoms with Crippen LogP contribution >= 0.6 is 15.9 Å². The van der Waals surface area contributed by atoms with Gasteiger partial charge in [0.25, 0.3) is 0 Å². The molecule has 1 amide bonds. The van der Waals surface area contributed by atoms with Gasteiger partial charge in [0.05, 0.1) is 17.9 Å². The highest BCUT2D eigenvalue weighted by molar-refractivity contribution is 9.10. The Bertz CT molecular complexity index is 433. The molecule has 5 heteroatoms. The van der Waals surface area contributed by atoms with Gasteiger partial charge in [-0.3, -0.25) is 4.79 Å². The number of hydrogen-bond donors (Lipinski definition) is 2. The van der Waals surface area contributed by atoms with Gasteiger partial charge >= 0.3 is 0 Å². The van der Waals surface area contributed by atoms with Crippen molar-refractivity contribution >= 4 is 33.2 Å². The van der Waals surface area contributed by atoms with Crippen LogP contribution in [0.3, 0.4) is 0 Å². The van der Waals surface area contributed by atoms with Crippen LogP contribution in [0.5, 0.6) is 0 Å². The summed E-state index contributed by atoms with van der Waals surface area (Å²) in [5, 5.41) is 3.02. The van der Waals surface area contributed by atoms with Crippen molar-refractivity contribution in [2.45, 2.75) is 32.7 Å². The first-order valence-corrected chi connectivity index (χ1v) is 7.32. The van der Waals surface area contributed by atoms with Gasteiger partial charge in [0.1, 0.15) is 0 Å². The summed E-state index contributed by atoms with van der Waals surface area (Å²) in [6, 6.07) is 5.92. The van der Waals surface area contributed by atoms with Crippen molar-refractivity contribution < 1.29 is 4.79 Å². The molecule has 0 fully saturated rings. The Kier molecular flexibility index (Phi) is 6.15. The minimum atomic E-state index is 0.0264. The fourth-order valence-electron chi connectivity index (χ4n) is 1.94. The van der Waals surface area contributed by atoms with Crippen LogP contribution in [0.1, 0.15) is 26.7 Å². The van der Waals surface area contributed by atoms with Crippen molar-refractivity contribution in [3.05, 3.63) is 22.7 Å². The Morgan fingerprint density at radius 1 is 1.42 bits per heavy atom. The molecule has 0 atom stereocenters. The predicted octanol–water partition coefficient (Wildman–Crippen LogP) is 2.77. The van der Waals surface area contributed by atoms with Crippen LogP contribution in [-0.4, -0.2) is 25.5 Å². The van der Waals surface area contributed by atoms with E-state index in [9.17, 15) is 4.79 Å². The molecule has 0 bridgehead atoms. The van der Waals surface area contributed by atoms with Crippen LogP contribution in [0.25, 0.3) is 0 Å². The molecule has 1 rings (SSSR count). The molecular weight excluding hydrogens is 306 g/mol. The second-order valence-electron chi connectivity index (χ2n) is 4.64. The molecule has 3 N–H and O–H groups in total. The standard InChI is InChI=1S/C14H22BrN3O/c1-4-11(5-2)17-14(19)9-18(3)13-7-6-10(15)8-12(13)16/h6-8,11H,4-5,9,16H2,1-3H3,(H,17,19). The maximum Gasteiger partial charge on any atom is 0.239 e. The number of nitrogens with one attached hydrogen (secondary N) is 1. The van der Waals surface area contributed by atoms with Gasteiger partial charge in [-0.2, -0.15) is 0 Å². The fourth-order valence-corrected chi connectivity index (χ4v) is 2.32. The maximum atomic E-state index is 11.9. The van der Waals surface area contributed by atoms with E-state index in [4.69, 9.17) is 5.73 Å². The Morgan fingerprint density at radius 2 is 2.05 bits per heavy atom. The van der Waals surface area contributed by atoms with Gasteiger partial charge in [-0.15, -0.1) is 0 Å². The Labute approximate surface area is 123 Å². The topological polar surface area (TPSA) is 58.4 Å². The number of anilines is 2. The molecular formula is C14H22BrN3O. The normalized spacial score (nSPS) is 10.6. The first-order valence-electron chi connectivity index (χ1n) is 6.53. The highest BCUT2D eigenvalue weighted by atomic mass is 79.9. The molecule has 0 radical (unpaired) electrons. The number of halogens is 1. The molecule has 0 aliphatic heterocycles. The summed E-state index contributed by atoms with van der Waals surface area (Å²) in [6.07, 6.45) is 1.90. The van der Waals surface area contributed by atoms with Crippen molar-refractivity contribution in [2.24, 2.45) is 0 Å². The van der Waals surface area contributed by atoms with Gasteiger partial charge in [-0.25, -0.2) is 0 Å². The lowest BCUT2D eigenvalue weighted by Gasteiger charge is -2.22. The van der Waals surface area contributed by atoms with Crippen molar-refractivity contribution in [1.29, 1.82) is 0 Å². The summed E-state index contributed by atoms with van der Waals surface area (Å²) in [6.45, 7) is 4.46. The number of nitrogen functional groups attached to an aromatic ring is 1. The Morgan fingerprint density at radius 3 is 2.58 bits per heavy atom. The molecule has 1 aromatic carbocycles. The third-order valence-corrected chi connectivity index (χ3v) is 3.63. The van der Waals surface area contributed by atoms with Crippen molar-refractivity contribution in [1.82, 2.24) is 5.32 Å². The van der Waals surface area contributed by atoms with E-state index in [0.29, 0.717) is 12.2 Å². The smallest absolute Gasteiger partial charge is 0.239 e. The van der Waals surface area contributed by atoms with E-state index in [0.717, 1.165) is 23.0 Å². The SMILES string of the molecule is CCC(CC)NC(=O)CN(C)c1ccc(Br)cc1N. The van der Waals surface area contributed by atoms with Crippen LogP contribution in [0.2, 0.25) is 0 Å². The average Bonchev–Trinajstić information content (AvgIpc) is 2.35. The van der Waals surface area contributed by atoms with E-state index in [2.05, 4.69) is 35.1 Å². The highest BCUT2D eigenvalue weighted by Crippen LogP contribution is 2.25. The lowest BCUT2D eigenvalue weighted by atomic mass is 10.2. The first-order chi connectivity index (χ1) is 8.97. The molecule has 0 aromatic heterocycles. The molecule has 19 heavy (non-hydrogen) atoms. The number of carbonyl (C=O) groups excluding carboxylic acids is 1. The summed E-state index contributed by atoms with van der Waals surface area (Å²) in [5.41, 5.74) is 7.47. The van der Waals surface area contributed by atoms with Gasteiger partial charge in [-0.05, 0) is 31.0 Å². The zero-order valence-corrected chi connectivity index (χ0v) is 13.3. The average molecular weight is 328 g/mol. The number of hydrogen-bond acceptors (Lipinski definition) is 3. The second kappa shape index (κ2) is 7.38. The fraction of sp³-hybridized carbons (Fsp3) is 0.500. The van der Waals surface area contributed by atoms with Crippen LogP contribution in [0.15, 0.2) is 22.7 Å². The van der Waals surface area contributed by atoms with Gasteiger partial charge in [0, 0.05) is 17.6 Å². The third-order valence-electron chi connectivity index (χ3n) is 3.13. The van der Waals surface area contributed by atoms with E-state index >= 15 is 0 Å². The monoisotopic (exact) mass is 327 g/mol. The number of nitrogens with zero attached hydrogens (tertiary/aromatic N) is 1. The lowest BCUT2D eigenvalue weighted by molar-refractivity contribution is -0.120. The van der Waals surface area contributed by atoms with E-state index in [1.807, 2.05) is 30.1 Å². The van der Waals surface area contributed by atoms with Gasteiger partial charge in [-0.1, -0.05) is 29.8 Å². The molecule has 106 valence electrons. The molecule has 0 saturated carbocycles. The number of carbonyl (C=O) groups is 1. The quantitative estimate of drug-likeness (QED) is 0.790. The number of benzene rings is 1. The van der Waals surface area contributed by atoms with Crippen molar-refractivity contribution in [2.75, 3.05) is 24.2 Å². The molecule has 1 aromatic rings. The molecule has 0 spiro atoms. The van der Waals surface area contributed by atoms with Crippen molar-refractivity contribution in [3.63, 3.8) is 0 Å². The van der Waals surface area contributed by atoms with Crippen LogP contribution < -0.4 is 16.0 Å². The molecule has 0 heterocycles. The number of nitrogens with two attached hydrogens (primary N) is 1. The van der Waals surface area contributed by atoms with Gasteiger partial charge in [0.15, 0.2) is 0 Å². The van der Waals surface area contributed by atoms with E-state index in [1.165, 1.54) is 0 Å². The zero-order chi connectivity index (χ0) is 14.4. The predicted molar refractivity (Wildman–Crippen MR) is 84.3 cm³/mol. The van der Waals surface area contributed by atoms with E-state index in [1.54, 1.807) is 0 Å². The zero-order valence-electron chi connectivity index (χ0n) is 11.7. The summed E-state index contributed by atoms with van der Waals surface area (Å²) < 4.78 is 0.934. The molecule has 0 aliphatic carbocycles.